The maximum absolute atomic E-state index is 11.4. The topological polar surface area (TPSA) is 88.0 Å². The molecule has 0 aliphatic carbocycles. The summed E-state index contributed by atoms with van der Waals surface area (Å²) >= 11 is 0. The van der Waals surface area contributed by atoms with Crippen molar-refractivity contribution in [2.45, 2.75) is 12.8 Å². The van der Waals surface area contributed by atoms with Gasteiger partial charge in [-0.05, 0) is 17.4 Å². The van der Waals surface area contributed by atoms with E-state index >= 15 is 0 Å². The smallest absolute Gasteiger partial charge is 0.321 e. The quantitative estimate of drug-likeness (QED) is 0.337. The van der Waals surface area contributed by atoms with Crippen LogP contribution in [0.15, 0.2) is 12.1 Å². The molecular weight excluding hydrogens is 210 g/mol. The summed E-state index contributed by atoms with van der Waals surface area (Å²) in [5.74, 6) is 1.88. The molecule has 0 radical (unpaired) electrons. The van der Waals surface area contributed by atoms with Crippen LogP contribution < -0.4 is 5.32 Å². The van der Waals surface area contributed by atoms with Crippen LogP contribution in [0, 0.1) is 22.5 Å². The van der Waals surface area contributed by atoms with Gasteiger partial charge in [0.1, 0.15) is 0 Å². The third kappa shape index (κ3) is 3.13. The molecule has 16 heavy (non-hydrogen) atoms. The van der Waals surface area contributed by atoms with Gasteiger partial charge in [-0.15, -0.1) is 12.3 Å². The second-order valence-corrected chi connectivity index (χ2v) is 3.08. The van der Waals surface area contributed by atoms with E-state index in [4.69, 9.17) is 6.42 Å². The highest BCUT2D eigenvalue weighted by Crippen LogP contribution is 2.09. The fraction of sp³-hybridized carbons (Fsp3) is 0.300. The van der Waals surface area contributed by atoms with Crippen LogP contribution in [-0.4, -0.2) is 22.4 Å². The second kappa shape index (κ2) is 5.56. The van der Waals surface area contributed by atoms with Crippen molar-refractivity contribution in [1.29, 1.82) is 0 Å². The molecule has 0 saturated carbocycles. The number of unbranched alkanes of at least 4 members (excludes halogenated alkanes) is 1. The van der Waals surface area contributed by atoms with Gasteiger partial charge < -0.3 is 15.4 Å². The molecule has 6 nitrogen and oxygen atoms in total. The van der Waals surface area contributed by atoms with Crippen LogP contribution in [0.5, 0.6) is 0 Å². The summed E-state index contributed by atoms with van der Waals surface area (Å²) in [6.45, 7) is 0.454. The van der Waals surface area contributed by atoms with E-state index in [0.29, 0.717) is 19.4 Å². The molecule has 1 aromatic rings. The lowest BCUT2D eigenvalue weighted by atomic mass is 10.3. The van der Waals surface area contributed by atoms with Gasteiger partial charge in [0.2, 0.25) is 0 Å². The standard InChI is InChI=1S/C10H11N3O3/c1-2-3-4-7-11-10(14)8-5-6-9(12-8)13(15)16/h1,5-6,12H,3-4,7H2,(H,11,14). The van der Waals surface area contributed by atoms with Crippen molar-refractivity contribution in [1.82, 2.24) is 10.3 Å². The lowest BCUT2D eigenvalue weighted by Crippen LogP contribution is -2.24. The average Bonchev–Trinajstić information content (AvgIpc) is 2.73. The van der Waals surface area contributed by atoms with E-state index in [0.717, 1.165) is 0 Å². The molecule has 1 rings (SSSR count). The Labute approximate surface area is 92.2 Å². The molecule has 84 valence electrons. The molecule has 1 heterocycles. The van der Waals surface area contributed by atoms with Gasteiger partial charge in [0.25, 0.3) is 5.91 Å². The van der Waals surface area contributed by atoms with Crippen LogP contribution in [-0.2, 0) is 0 Å². The number of rotatable bonds is 5. The van der Waals surface area contributed by atoms with Crippen LogP contribution in [0.3, 0.4) is 0 Å². The number of carbonyl (C=O) groups is 1. The number of H-pyrrole nitrogens is 1. The summed E-state index contributed by atoms with van der Waals surface area (Å²) < 4.78 is 0. The van der Waals surface area contributed by atoms with Gasteiger partial charge in [-0.3, -0.25) is 4.79 Å². The summed E-state index contributed by atoms with van der Waals surface area (Å²) in [5, 5.41) is 13.0. The number of aromatic nitrogens is 1. The highest BCUT2D eigenvalue weighted by Gasteiger charge is 2.14. The molecule has 6 heteroatoms. The first-order chi connectivity index (χ1) is 7.65. The maximum atomic E-state index is 11.4. The number of hydrogen-bond acceptors (Lipinski definition) is 3. The largest absolute Gasteiger partial charge is 0.358 e. The zero-order valence-corrected chi connectivity index (χ0v) is 8.53. The number of hydrogen-bond donors (Lipinski definition) is 2. The molecule has 0 spiro atoms. The van der Waals surface area contributed by atoms with E-state index in [9.17, 15) is 14.9 Å². The molecular formula is C10H11N3O3. The zero-order chi connectivity index (χ0) is 12.0. The molecule has 0 aromatic carbocycles. The average molecular weight is 221 g/mol. The van der Waals surface area contributed by atoms with Crippen LogP contribution in [0.1, 0.15) is 23.3 Å². The number of nitrogens with one attached hydrogen (secondary N) is 2. The summed E-state index contributed by atoms with van der Waals surface area (Å²) in [6, 6.07) is 2.62. The minimum absolute atomic E-state index is 0.174. The van der Waals surface area contributed by atoms with Gasteiger partial charge in [-0.25, -0.2) is 4.98 Å². The normalized spacial score (nSPS) is 9.44. The third-order valence-corrected chi connectivity index (χ3v) is 1.90. The van der Waals surface area contributed by atoms with Gasteiger partial charge in [0.05, 0.1) is 0 Å². The van der Waals surface area contributed by atoms with Crippen LogP contribution in [0.2, 0.25) is 0 Å². The Balaban J connectivity index is 2.47. The number of nitro groups is 1. The Morgan fingerprint density at radius 2 is 2.38 bits per heavy atom. The number of aromatic amines is 1. The van der Waals surface area contributed by atoms with E-state index in [1.807, 2.05) is 0 Å². The molecule has 0 fully saturated rings. The number of terminal acetylenes is 1. The summed E-state index contributed by atoms with van der Waals surface area (Å²) in [7, 11) is 0. The van der Waals surface area contributed by atoms with Crippen LogP contribution >= 0.6 is 0 Å². The van der Waals surface area contributed by atoms with Crippen LogP contribution in [0.25, 0.3) is 0 Å². The van der Waals surface area contributed by atoms with E-state index in [1.165, 1.54) is 12.1 Å². The van der Waals surface area contributed by atoms with Gasteiger partial charge >= 0.3 is 5.82 Å². The SMILES string of the molecule is C#CCCCNC(=O)c1ccc([N+](=O)[O-])[nH]1. The first kappa shape index (κ1) is 11.8. The van der Waals surface area contributed by atoms with Crippen molar-refractivity contribution in [3.63, 3.8) is 0 Å². The van der Waals surface area contributed by atoms with E-state index < -0.39 is 4.92 Å². The Bertz CT molecular complexity index is 431. The van der Waals surface area contributed by atoms with Crippen molar-refractivity contribution in [3.8, 4) is 12.3 Å². The molecule has 0 atom stereocenters. The first-order valence-corrected chi connectivity index (χ1v) is 4.70. The number of nitrogens with zero attached hydrogens (tertiary/aromatic N) is 1. The highest BCUT2D eigenvalue weighted by atomic mass is 16.6. The Kier molecular flexibility index (Phi) is 4.09. The molecule has 0 saturated heterocycles. The maximum Gasteiger partial charge on any atom is 0.321 e. The Morgan fingerprint density at radius 1 is 1.62 bits per heavy atom. The highest BCUT2D eigenvalue weighted by molar-refractivity contribution is 5.92. The fourth-order valence-electron chi connectivity index (χ4n) is 1.11. The molecule has 0 aliphatic heterocycles. The third-order valence-electron chi connectivity index (χ3n) is 1.90. The van der Waals surface area contributed by atoms with Crippen molar-refractivity contribution >= 4 is 11.7 Å². The zero-order valence-electron chi connectivity index (χ0n) is 8.53. The van der Waals surface area contributed by atoms with Crippen molar-refractivity contribution in [3.05, 3.63) is 27.9 Å². The van der Waals surface area contributed by atoms with Crippen molar-refractivity contribution in [2.75, 3.05) is 6.54 Å². The molecule has 2 N–H and O–H groups in total. The Hall–Kier alpha value is -2.29. The number of carbonyl (C=O) groups excluding carboxylic acids is 1. The van der Waals surface area contributed by atoms with Gasteiger partial charge in [0, 0.05) is 19.0 Å². The van der Waals surface area contributed by atoms with Gasteiger partial charge in [-0.1, -0.05) is 0 Å². The summed E-state index contributed by atoms with van der Waals surface area (Å²) in [4.78, 5) is 23.6. The van der Waals surface area contributed by atoms with Gasteiger partial charge in [-0.2, -0.15) is 0 Å². The summed E-state index contributed by atoms with van der Waals surface area (Å²) in [6.07, 6.45) is 6.32. The second-order valence-electron chi connectivity index (χ2n) is 3.08. The lowest BCUT2D eigenvalue weighted by molar-refractivity contribution is -0.389. The lowest BCUT2D eigenvalue weighted by Gasteiger charge is -1.99. The predicted octanol–water partition coefficient (Wildman–Crippen LogP) is 1.07. The van der Waals surface area contributed by atoms with Gasteiger partial charge in [0.15, 0.2) is 5.69 Å². The Morgan fingerprint density at radius 3 is 2.94 bits per heavy atom. The van der Waals surface area contributed by atoms with E-state index in [1.54, 1.807) is 0 Å². The predicted molar refractivity (Wildman–Crippen MR) is 57.8 cm³/mol. The molecule has 1 amide bonds. The molecule has 0 bridgehead atoms. The van der Waals surface area contributed by atoms with Crippen LogP contribution in [0.4, 0.5) is 5.82 Å². The minimum atomic E-state index is -0.588. The first-order valence-electron chi connectivity index (χ1n) is 4.70. The molecule has 0 aliphatic rings. The van der Waals surface area contributed by atoms with E-state index in [-0.39, 0.29) is 17.4 Å². The fourth-order valence-corrected chi connectivity index (χ4v) is 1.11. The minimum Gasteiger partial charge on any atom is -0.358 e. The van der Waals surface area contributed by atoms with Crippen molar-refractivity contribution < 1.29 is 9.72 Å². The van der Waals surface area contributed by atoms with Crippen molar-refractivity contribution in [2.24, 2.45) is 0 Å². The number of amides is 1. The van der Waals surface area contributed by atoms with E-state index in [2.05, 4.69) is 16.2 Å². The summed E-state index contributed by atoms with van der Waals surface area (Å²) in [5.41, 5.74) is 0.174. The molecule has 1 aromatic heterocycles. The molecule has 0 unspecified atom stereocenters. The monoisotopic (exact) mass is 221 g/mol.